The average molecular weight is 400 g/mol. The zero-order valence-electron chi connectivity index (χ0n) is 15.1. The van der Waals surface area contributed by atoms with E-state index in [1.54, 1.807) is 23.1 Å². The molecule has 0 atom stereocenters. The first-order valence-corrected chi connectivity index (χ1v) is 9.46. The molecule has 2 aromatic carbocycles. The monoisotopic (exact) mass is 399 g/mol. The van der Waals surface area contributed by atoms with Crippen LogP contribution in [0.25, 0.3) is 17.2 Å². The van der Waals surface area contributed by atoms with Gasteiger partial charge in [0, 0.05) is 55.5 Å². The van der Waals surface area contributed by atoms with E-state index in [0.29, 0.717) is 54.8 Å². The van der Waals surface area contributed by atoms with Gasteiger partial charge in [-0.05, 0) is 24.3 Å². The van der Waals surface area contributed by atoms with Crippen molar-refractivity contribution in [1.29, 1.82) is 0 Å². The molecule has 0 saturated carbocycles. The summed E-state index contributed by atoms with van der Waals surface area (Å²) in [5, 5.41) is 0.430. The molecular formula is C21H19ClFN3O2. The van der Waals surface area contributed by atoms with Crippen molar-refractivity contribution in [1.82, 2.24) is 14.8 Å². The van der Waals surface area contributed by atoms with Gasteiger partial charge in [0.1, 0.15) is 11.3 Å². The molecule has 0 radical (unpaired) electrons. The lowest BCUT2D eigenvalue weighted by molar-refractivity contribution is -0.127. The van der Waals surface area contributed by atoms with Crippen LogP contribution in [-0.4, -0.2) is 46.9 Å². The second-order valence-electron chi connectivity index (χ2n) is 6.65. The fourth-order valence-corrected chi connectivity index (χ4v) is 3.47. The molecule has 0 aliphatic carbocycles. The predicted molar refractivity (Wildman–Crippen MR) is 106 cm³/mol. The third kappa shape index (κ3) is 4.08. The third-order valence-corrected chi connectivity index (χ3v) is 5.16. The van der Waals surface area contributed by atoms with Crippen LogP contribution < -0.4 is 0 Å². The van der Waals surface area contributed by atoms with Crippen LogP contribution >= 0.6 is 11.6 Å². The van der Waals surface area contributed by atoms with Gasteiger partial charge in [0.15, 0.2) is 5.58 Å². The Morgan fingerprint density at radius 1 is 1.14 bits per heavy atom. The lowest BCUT2D eigenvalue weighted by atomic mass is 10.2. The maximum atomic E-state index is 13.9. The van der Waals surface area contributed by atoms with Crippen LogP contribution in [0.2, 0.25) is 5.02 Å². The van der Waals surface area contributed by atoms with Crippen molar-refractivity contribution in [3.8, 4) is 0 Å². The molecule has 1 saturated heterocycles. The number of amides is 1. The molecule has 4 rings (SSSR count). The van der Waals surface area contributed by atoms with Crippen LogP contribution in [0.3, 0.4) is 0 Å². The van der Waals surface area contributed by atoms with E-state index in [2.05, 4.69) is 9.88 Å². The zero-order chi connectivity index (χ0) is 19.5. The van der Waals surface area contributed by atoms with Crippen molar-refractivity contribution in [3.05, 3.63) is 70.8 Å². The Kier molecular flexibility index (Phi) is 5.41. The quantitative estimate of drug-likeness (QED) is 0.623. The van der Waals surface area contributed by atoms with Crippen molar-refractivity contribution < 1.29 is 13.6 Å². The number of oxazole rings is 1. The van der Waals surface area contributed by atoms with E-state index < -0.39 is 0 Å². The summed E-state index contributed by atoms with van der Waals surface area (Å²) in [6.45, 7) is 2.90. The Labute approximate surface area is 167 Å². The van der Waals surface area contributed by atoms with E-state index >= 15 is 0 Å². The number of benzene rings is 2. The SMILES string of the molecule is O=C(/C=C/c1nc2ccccc2o1)N1CCN(Cc2c(F)cccc2Cl)CC1. The zero-order valence-corrected chi connectivity index (χ0v) is 15.9. The summed E-state index contributed by atoms with van der Waals surface area (Å²) in [7, 11) is 0. The molecule has 0 unspecified atom stereocenters. The Morgan fingerprint density at radius 3 is 2.68 bits per heavy atom. The second-order valence-corrected chi connectivity index (χ2v) is 7.06. The van der Waals surface area contributed by atoms with Gasteiger partial charge in [0.2, 0.25) is 11.8 Å². The number of rotatable bonds is 4. The Balaban J connectivity index is 1.33. The third-order valence-electron chi connectivity index (χ3n) is 4.81. The average Bonchev–Trinajstić information content (AvgIpc) is 3.12. The summed E-state index contributed by atoms with van der Waals surface area (Å²) < 4.78 is 19.5. The summed E-state index contributed by atoms with van der Waals surface area (Å²) >= 11 is 6.10. The minimum Gasteiger partial charge on any atom is -0.437 e. The molecule has 1 aromatic heterocycles. The number of para-hydroxylation sites is 2. The minimum absolute atomic E-state index is 0.0918. The molecule has 7 heteroatoms. The number of hydrogen-bond donors (Lipinski definition) is 0. The maximum absolute atomic E-state index is 13.9. The van der Waals surface area contributed by atoms with Crippen LogP contribution in [0.5, 0.6) is 0 Å². The van der Waals surface area contributed by atoms with E-state index in [4.69, 9.17) is 16.0 Å². The normalized spacial score (nSPS) is 15.6. The lowest BCUT2D eigenvalue weighted by Crippen LogP contribution is -2.47. The highest BCUT2D eigenvalue weighted by atomic mass is 35.5. The fourth-order valence-electron chi connectivity index (χ4n) is 3.24. The highest BCUT2D eigenvalue weighted by Gasteiger charge is 2.21. The number of aromatic nitrogens is 1. The van der Waals surface area contributed by atoms with Crippen molar-refractivity contribution in [2.24, 2.45) is 0 Å². The number of carbonyl (C=O) groups excluding carboxylic acids is 1. The first-order valence-electron chi connectivity index (χ1n) is 9.08. The Morgan fingerprint density at radius 2 is 1.93 bits per heavy atom. The molecule has 2 heterocycles. The van der Waals surface area contributed by atoms with E-state index in [-0.39, 0.29) is 11.7 Å². The molecular weight excluding hydrogens is 381 g/mol. The molecule has 1 aliphatic rings. The van der Waals surface area contributed by atoms with Gasteiger partial charge >= 0.3 is 0 Å². The van der Waals surface area contributed by atoms with Gasteiger partial charge in [-0.3, -0.25) is 9.69 Å². The van der Waals surface area contributed by atoms with Crippen molar-refractivity contribution in [3.63, 3.8) is 0 Å². The van der Waals surface area contributed by atoms with Gasteiger partial charge in [0.05, 0.1) is 0 Å². The number of nitrogens with zero attached hydrogens (tertiary/aromatic N) is 3. The number of piperazine rings is 1. The molecule has 28 heavy (non-hydrogen) atoms. The smallest absolute Gasteiger partial charge is 0.246 e. The molecule has 3 aromatic rings. The fraction of sp³-hybridized carbons (Fsp3) is 0.238. The molecule has 1 amide bonds. The van der Waals surface area contributed by atoms with E-state index in [1.165, 1.54) is 12.1 Å². The molecule has 1 aliphatic heterocycles. The van der Waals surface area contributed by atoms with Gasteiger partial charge in [0.25, 0.3) is 0 Å². The Hall–Kier alpha value is -2.70. The van der Waals surface area contributed by atoms with E-state index in [1.807, 2.05) is 24.3 Å². The molecule has 5 nitrogen and oxygen atoms in total. The van der Waals surface area contributed by atoms with Crippen molar-refractivity contribution in [2.75, 3.05) is 26.2 Å². The first kappa shape index (κ1) is 18.7. The van der Waals surface area contributed by atoms with Crippen LogP contribution in [0.15, 0.2) is 53.0 Å². The van der Waals surface area contributed by atoms with Crippen LogP contribution in [0.1, 0.15) is 11.5 Å². The molecule has 144 valence electrons. The number of carbonyl (C=O) groups is 1. The van der Waals surface area contributed by atoms with Gasteiger partial charge < -0.3 is 9.32 Å². The summed E-state index contributed by atoms with van der Waals surface area (Å²) in [4.78, 5) is 20.6. The van der Waals surface area contributed by atoms with Gasteiger partial charge in [-0.1, -0.05) is 29.8 Å². The molecule has 0 N–H and O–H groups in total. The van der Waals surface area contributed by atoms with Gasteiger partial charge in [-0.15, -0.1) is 0 Å². The highest BCUT2D eigenvalue weighted by Crippen LogP contribution is 2.21. The summed E-state index contributed by atoms with van der Waals surface area (Å²) in [5.41, 5.74) is 1.95. The van der Waals surface area contributed by atoms with Gasteiger partial charge in [-0.25, -0.2) is 9.37 Å². The number of hydrogen-bond acceptors (Lipinski definition) is 4. The summed E-state index contributed by atoms with van der Waals surface area (Å²) in [6, 6.07) is 12.2. The molecule has 1 fully saturated rings. The summed E-state index contributed by atoms with van der Waals surface area (Å²) in [6.07, 6.45) is 3.07. The topological polar surface area (TPSA) is 49.6 Å². The standard InChI is InChI=1S/C21H19ClFN3O2/c22-16-4-3-5-17(23)15(16)14-25-10-12-26(13-11-25)21(27)9-8-20-24-18-6-1-2-7-19(18)28-20/h1-9H,10-14H2/b9-8+. The minimum atomic E-state index is -0.299. The van der Waals surface area contributed by atoms with Crippen LogP contribution in [-0.2, 0) is 11.3 Å². The summed E-state index contributed by atoms with van der Waals surface area (Å²) in [5.74, 6) is 0.0143. The predicted octanol–water partition coefficient (Wildman–Crippen LogP) is 3.98. The first-order chi connectivity index (χ1) is 13.6. The highest BCUT2D eigenvalue weighted by molar-refractivity contribution is 6.31. The van der Waals surface area contributed by atoms with E-state index in [0.717, 1.165) is 5.52 Å². The number of halogens is 2. The molecule has 0 spiro atoms. The number of fused-ring (bicyclic) bond motifs is 1. The maximum Gasteiger partial charge on any atom is 0.246 e. The van der Waals surface area contributed by atoms with E-state index in [9.17, 15) is 9.18 Å². The van der Waals surface area contributed by atoms with Crippen molar-refractivity contribution in [2.45, 2.75) is 6.54 Å². The van der Waals surface area contributed by atoms with Crippen LogP contribution in [0.4, 0.5) is 4.39 Å². The largest absolute Gasteiger partial charge is 0.437 e. The lowest BCUT2D eigenvalue weighted by Gasteiger charge is -2.34. The van der Waals surface area contributed by atoms with Crippen LogP contribution in [0, 0.1) is 5.82 Å². The molecule has 0 bridgehead atoms. The van der Waals surface area contributed by atoms with Crippen molar-refractivity contribution >= 4 is 34.7 Å². The van der Waals surface area contributed by atoms with Gasteiger partial charge in [-0.2, -0.15) is 0 Å². The Bertz CT molecular complexity index is 972. The second kappa shape index (κ2) is 8.12.